The minimum atomic E-state index is -3.02. The molecular weight excluding hydrogens is 1130 g/mol. The molecule has 4 aromatic carbocycles. The molecule has 6 rings (SSSR count). The van der Waals surface area contributed by atoms with E-state index in [0.29, 0.717) is 32.9 Å². The molecule has 19 heteroatoms. The molecule has 0 bridgehead atoms. The number of hydrogen-bond donors (Lipinski definition) is 1. The molecule has 2 saturated heterocycles. The average Bonchev–Trinajstić information content (AvgIpc) is 3.54. The van der Waals surface area contributed by atoms with Crippen LogP contribution in [0.4, 0.5) is 0 Å². The van der Waals surface area contributed by atoms with E-state index < -0.39 is 59.6 Å². The number of allylic oxidation sites excluding steroid dienone is 1. The molecule has 4 aromatic rings. The number of rotatable bonds is 18. The van der Waals surface area contributed by atoms with Gasteiger partial charge in [0.05, 0.1) is 46.9 Å². The molecule has 2 fully saturated rings. The normalized spacial score (nSPS) is 23.1. The van der Waals surface area contributed by atoms with Crippen LogP contribution in [-0.2, 0) is 33.8 Å². The van der Waals surface area contributed by atoms with Gasteiger partial charge in [0.2, 0.25) is 11.8 Å². The second kappa shape index (κ2) is 29.0. The second-order valence-corrected chi connectivity index (χ2v) is 29.7. The van der Waals surface area contributed by atoms with Crippen molar-refractivity contribution in [2.45, 2.75) is 148 Å². The average molecular weight is 1210 g/mol. The van der Waals surface area contributed by atoms with E-state index >= 15 is 0 Å². The number of nitrogens with zero attached hydrogens (tertiary/aromatic N) is 7. The van der Waals surface area contributed by atoms with Gasteiger partial charge in [0.25, 0.3) is 0 Å². The van der Waals surface area contributed by atoms with Gasteiger partial charge in [-0.3, -0.25) is 14.4 Å². The van der Waals surface area contributed by atoms with Gasteiger partial charge in [-0.2, -0.15) is 18.4 Å². The molecule has 0 spiro atoms. The lowest BCUT2D eigenvalue weighted by Gasteiger charge is -2.53. The van der Waals surface area contributed by atoms with Crippen LogP contribution in [0.3, 0.4) is 0 Å². The van der Waals surface area contributed by atoms with Crippen LogP contribution in [0.25, 0.3) is 9.91 Å². The third-order valence-corrected chi connectivity index (χ3v) is 21.5. The number of likely N-dealkylation sites (tertiary alicyclic amines) is 2. The fraction of sp³-hybridized carbons (Fsp3) is 0.475. The molecule has 2 unspecified atom stereocenters. The summed E-state index contributed by atoms with van der Waals surface area (Å²) >= 11 is 25.3. The van der Waals surface area contributed by atoms with Crippen LogP contribution in [0.5, 0.6) is 0 Å². The van der Waals surface area contributed by atoms with Crippen molar-refractivity contribution < 1.29 is 27.9 Å². The number of halogens is 4. The Labute approximate surface area is 496 Å². The first-order valence-corrected chi connectivity index (χ1v) is 31.5. The minimum Gasteiger partial charge on any atom is -0.481 e. The molecular formula is C61H75Cl4N7O6S2. The quantitative estimate of drug-likeness (QED) is 0.0587. The van der Waals surface area contributed by atoms with E-state index in [2.05, 4.69) is 31.5 Å². The van der Waals surface area contributed by atoms with E-state index in [4.69, 9.17) is 64.8 Å². The molecule has 0 aliphatic carbocycles. The summed E-state index contributed by atoms with van der Waals surface area (Å²) < 4.78 is 35.6. The monoisotopic (exact) mass is 1210 g/mol. The lowest BCUT2D eigenvalue weighted by atomic mass is 9.66. The van der Waals surface area contributed by atoms with Crippen molar-refractivity contribution in [3.05, 3.63) is 175 Å². The van der Waals surface area contributed by atoms with Crippen LogP contribution < -0.4 is 0 Å². The zero-order chi connectivity index (χ0) is 60.1. The maximum Gasteiger partial charge on any atom is 0.304 e. The SMILES string of the molecule is CC#N.[C-]#[N+]N=S(=O)(C[C@H](C(C)C)N1C(=O)[C@@](C)(CC(=O)O)C[C@H](c2cccc(Cl)c2)[C@H]1c1ccc(Cl)cc1)C(C)C.[C-]#[N+]N=S(=O)(C[C@H](C(C)C)N1C(=O)[C@@](C)(CC=C)C[C@H](c2cccc(Cl)c2)[C@H]1c1ccc(Cl)cc1)C(C)C. The highest BCUT2D eigenvalue weighted by molar-refractivity contribution is 7.94. The summed E-state index contributed by atoms with van der Waals surface area (Å²) in [6, 6.07) is 29.9. The Kier molecular flexibility index (Phi) is 24.3. The summed E-state index contributed by atoms with van der Waals surface area (Å²) in [4.78, 5) is 51.0. The first-order valence-electron chi connectivity index (χ1n) is 26.5. The summed E-state index contributed by atoms with van der Waals surface area (Å²) in [6.45, 7) is 38.8. The topological polar surface area (TPSA) is 169 Å². The molecule has 2 aliphatic rings. The number of carboxylic acids is 1. The Morgan fingerprint density at radius 1 is 0.688 bits per heavy atom. The smallest absolute Gasteiger partial charge is 0.304 e. The van der Waals surface area contributed by atoms with E-state index in [9.17, 15) is 27.9 Å². The van der Waals surface area contributed by atoms with Crippen molar-refractivity contribution in [3.63, 3.8) is 0 Å². The van der Waals surface area contributed by atoms with Crippen molar-refractivity contribution in [1.29, 1.82) is 5.26 Å². The number of piperidine rings is 2. The molecule has 1 N–H and O–H groups in total. The molecule has 2 heterocycles. The Bertz CT molecular complexity index is 3230. The molecule has 2 amide bonds. The fourth-order valence-electron chi connectivity index (χ4n) is 11.0. The van der Waals surface area contributed by atoms with E-state index in [1.807, 2.05) is 126 Å². The highest BCUT2D eigenvalue weighted by Crippen LogP contribution is 2.54. The highest BCUT2D eigenvalue weighted by atomic mass is 35.5. The lowest BCUT2D eigenvalue weighted by molar-refractivity contribution is -0.161. The third kappa shape index (κ3) is 16.2. The summed E-state index contributed by atoms with van der Waals surface area (Å²) in [5.74, 6) is -1.92. The zero-order valence-electron chi connectivity index (χ0n) is 47.5. The number of nitriles is 1. The zero-order valence-corrected chi connectivity index (χ0v) is 52.1. The Hall–Kier alpha value is -5.44. The Balaban J connectivity index is 0.000000328. The van der Waals surface area contributed by atoms with Gasteiger partial charge >= 0.3 is 5.97 Å². The Morgan fingerprint density at radius 2 is 1.04 bits per heavy atom. The fourth-order valence-corrected chi connectivity index (χ4v) is 15.2. The van der Waals surface area contributed by atoms with Gasteiger partial charge < -0.3 is 14.9 Å². The molecule has 80 heavy (non-hydrogen) atoms. The van der Waals surface area contributed by atoms with Gasteiger partial charge in [0.1, 0.15) is 28.4 Å². The predicted octanol–water partition coefficient (Wildman–Crippen LogP) is 16.2. The summed E-state index contributed by atoms with van der Waals surface area (Å²) in [6.07, 6.45) is 2.81. The first kappa shape index (κ1) is 67.1. The van der Waals surface area contributed by atoms with Gasteiger partial charge in [-0.1, -0.05) is 143 Å². The van der Waals surface area contributed by atoms with E-state index in [1.165, 1.54) is 6.92 Å². The number of benzene rings is 4. The molecule has 0 radical (unpaired) electrons. The molecule has 0 aromatic heterocycles. The number of carbonyl (C=O) groups excluding carboxylic acids is 2. The van der Waals surface area contributed by atoms with Gasteiger partial charge in [0, 0.05) is 61.4 Å². The van der Waals surface area contributed by atoms with Crippen molar-refractivity contribution in [3.8, 4) is 6.07 Å². The van der Waals surface area contributed by atoms with E-state index in [1.54, 1.807) is 56.0 Å². The number of carbonyl (C=O) groups is 3. The van der Waals surface area contributed by atoms with Crippen LogP contribution in [0.15, 0.2) is 119 Å². The van der Waals surface area contributed by atoms with Crippen molar-refractivity contribution in [1.82, 2.24) is 9.80 Å². The van der Waals surface area contributed by atoms with Crippen LogP contribution in [-0.4, -0.2) is 75.2 Å². The predicted molar refractivity (Wildman–Crippen MR) is 326 cm³/mol. The summed E-state index contributed by atoms with van der Waals surface area (Å²) in [7, 11) is -5.92. The van der Waals surface area contributed by atoms with Crippen molar-refractivity contribution in [2.24, 2.45) is 31.6 Å². The molecule has 0 saturated carbocycles. The lowest BCUT2D eigenvalue weighted by Crippen LogP contribution is -2.59. The van der Waals surface area contributed by atoms with Crippen LogP contribution in [0.1, 0.15) is 148 Å². The van der Waals surface area contributed by atoms with Gasteiger partial charge in [-0.05, 0) is 130 Å². The summed E-state index contributed by atoms with van der Waals surface area (Å²) in [5, 5.41) is 18.7. The van der Waals surface area contributed by atoms with Crippen molar-refractivity contribution >= 4 is 83.6 Å². The molecule has 13 nitrogen and oxygen atoms in total. The van der Waals surface area contributed by atoms with E-state index in [0.717, 1.165) is 22.3 Å². The molecule has 10 atom stereocenters. The van der Waals surface area contributed by atoms with E-state index in [-0.39, 0.29) is 71.1 Å². The van der Waals surface area contributed by atoms with Crippen LogP contribution in [0, 0.1) is 47.1 Å². The first-order chi connectivity index (χ1) is 37.5. The third-order valence-electron chi connectivity index (χ3n) is 15.2. The van der Waals surface area contributed by atoms with Gasteiger partial charge in [-0.25, -0.2) is 8.42 Å². The summed E-state index contributed by atoms with van der Waals surface area (Å²) in [5.41, 5.74) is 1.71. The van der Waals surface area contributed by atoms with Gasteiger partial charge in [0.15, 0.2) is 0 Å². The molecule has 430 valence electrons. The number of carboxylic acid groups (broad SMARTS) is 1. The number of amides is 2. The van der Waals surface area contributed by atoms with Crippen LogP contribution >= 0.6 is 46.4 Å². The highest BCUT2D eigenvalue weighted by Gasteiger charge is 2.55. The standard InChI is InChI=1S/C30H37Cl2N3O2S.C29H35Cl2N3O4S.C2H3N/c1-8-16-30(6)18-26(23-10-9-11-25(32)17-23)28(22-12-14-24(31)15-13-22)35(29(30)36)27(20(2)3)19-38(37,21(4)5)34-33-7;1-18(2)25(17-39(38,19(3)4)33-32-6)34-27(20-10-12-22(30)13-11-20)24(21-8-7-9-23(31)14-21)15-29(5,28(34)37)16-26(35)36;1-2-3/h8-15,17,20-21,26-28H,1,16,18-19H2,2-6H3;7-14,18-19,24-25,27H,15-17H2,1-5H3,(H,35,36);1H3/t26-,27-,28-,30+,38?;24-,25-,27-,29-,39?;/m11./s1. The largest absolute Gasteiger partial charge is 0.481 e. The maximum atomic E-state index is 14.5. The second-order valence-electron chi connectivity index (χ2n) is 22.4. The number of aliphatic carboxylic acids is 1. The Morgan fingerprint density at radius 3 is 1.34 bits per heavy atom. The minimum absolute atomic E-state index is 0.00798. The number of hydrogen-bond acceptors (Lipinski definition) is 8. The molecule has 2 aliphatic heterocycles. The maximum absolute atomic E-state index is 14.5. The van der Waals surface area contributed by atoms with Gasteiger partial charge in [-0.15, -0.1) is 16.5 Å². The van der Waals surface area contributed by atoms with Crippen molar-refractivity contribution in [2.75, 3.05) is 11.5 Å². The van der Waals surface area contributed by atoms with Crippen LogP contribution in [0.2, 0.25) is 20.1 Å².